The van der Waals surface area contributed by atoms with Crippen LogP contribution in [0.2, 0.25) is 0 Å². The normalized spacial score (nSPS) is 10.2. The minimum Gasteiger partial charge on any atom is -0.376 e. The van der Waals surface area contributed by atoms with Crippen LogP contribution in [0.15, 0.2) is 36.4 Å². The molecule has 0 unspecified atom stereocenters. The van der Waals surface area contributed by atoms with Crippen LogP contribution in [0.4, 0.5) is 21.5 Å². The van der Waals surface area contributed by atoms with Gasteiger partial charge >= 0.3 is 0 Å². The summed E-state index contributed by atoms with van der Waals surface area (Å²) in [5, 5.41) is 16.3. The van der Waals surface area contributed by atoms with Gasteiger partial charge in [-0.1, -0.05) is 12.1 Å². The molecule has 1 amide bonds. The van der Waals surface area contributed by atoms with Crippen molar-refractivity contribution in [3.63, 3.8) is 0 Å². The second-order valence-electron chi connectivity index (χ2n) is 5.14. The van der Waals surface area contributed by atoms with Gasteiger partial charge < -0.3 is 10.6 Å². The van der Waals surface area contributed by atoms with Crippen LogP contribution in [0.25, 0.3) is 0 Å². The maximum Gasteiger partial charge on any atom is 0.293 e. The van der Waals surface area contributed by atoms with Crippen molar-refractivity contribution in [3.8, 4) is 0 Å². The van der Waals surface area contributed by atoms with Crippen molar-refractivity contribution in [2.45, 2.75) is 13.8 Å². The zero-order chi connectivity index (χ0) is 17.0. The average Bonchev–Trinajstić information content (AvgIpc) is 2.50. The van der Waals surface area contributed by atoms with Gasteiger partial charge in [0, 0.05) is 11.8 Å². The van der Waals surface area contributed by atoms with Gasteiger partial charge in [0.25, 0.3) is 5.69 Å². The molecule has 6 nitrogen and oxygen atoms in total. The molecule has 0 aliphatic heterocycles. The van der Waals surface area contributed by atoms with E-state index < -0.39 is 10.8 Å². The number of amides is 1. The molecule has 0 saturated carbocycles. The summed E-state index contributed by atoms with van der Waals surface area (Å²) in [5.41, 5.74) is 1.65. The number of aryl methyl sites for hydroxylation is 2. The van der Waals surface area contributed by atoms with Gasteiger partial charge in [-0.3, -0.25) is 14.9 Å². The first-order valence-corrected chi connectivity index (χ1v) is 6.92. The lowest BCUT2D eigenvalue weighted by Gasteiger charge is -2.09. The Labute approximate surface area is 132 Å². The quantitative estimate of drug-likeness (QED) is 0.654. The topological polar surface area (TPSA) is 84.3 Å². The number of hydrogen-bond donors (Lipinski definition) is 2. The number of hydrogen-bond acceptors (Lipinski definition) is 4. The van der Waals surface area contributed by atoms with Crippen molar-refractivity contribution in [2.75, 3.05) is 17.2 Å². The van der Waals surface area contributed by atoms with E-state index in [9.17, 15) is 19.3 Å². The summed E-state index contributed by atoms with van der Waals surface area (Å²) in [6.45, 7) is 3.24. The van der Waals surface area contributed by atoms with Gasteiger partial charge in [0.05, 0.1) is 11.5 Å². The summed E-state index contributed by atoms with van der Waals surface area (Å²) in [7, 11) is 0. The number of nitrogens with zero attached hydrogens (tertiary/aromatic N) is 1. The molecule has 23 heavy (non-hydrogen) atoms. The molecule has 0 fully saturated rings. The van der Waals surface area contributed by atoms with E-state index in [-0.39, 0.29) is 23.7 Å². The molecule has 2 aromatic rings. The van der Waals surface area contributed by atoms with Gasteiger partial charge in [0.15, 0.2) is 0 Å². The first kappa shape index (κ1) is 16.4. The Morgan fingerprint density at radius 3 is 2.61 bits per heavy atom. The van der Waals surface area contributed by atoms with Crippen LogP contribution in [0, 0.1) is 29.8 Å². The predicted molar refractivity (Wildman–Crippen MR) is 86.1 cm³/mol. The van der Waals surface area contributed by atoms with Gasteiger partial charge in [-0.05, 0) is 43.2 Å². The Bertz CT molecular complexity index is 762. The molecule has 0 atom stereocenters. The van der Waals surface area contributed by atoms with Crippen molar-refractivity contribution >= 4 is 23.0 Å². The number of rotatable bonds is 5. The summed E-state index contributed by atoms with van der Waals surface area (Å²) >= 11 is 0. The van der Waals surface area contributed by atoms with Crippen LogP contribution < -0.4 is 10.6 Å². The van der Waals surface area contributed by atoms with Crippen molar-refractivity contribution in [1.29, 1.82) is 0 Å². The third-order valence-corrected chi connectivity index (χ3v) is 3.25. The molecule has 2 aromatic carbocycles. The SMILES string of the molecule is Cc1ccc(NC(=O)CNc2ccc(C)c(F)c2)c([N+](=O)[O-])c1. The monoisotopic (exact) mass is 317 g/mol. The number of carbonyl (C=O) groups is 1. The smallest absolute Gasteiger partial charge is 0.293 e. The molecule has 2 rings (SSSR count). The highest BCUT2D eigenvalue weighted by Crippen LogP contribution is 2.25. The molecule has 0 aliphatic carbocycles. The molecule has 0 aromatic heterocycles. The summed E-state index contributed by atoms with van der Waals surface area (Å²) in [6.07, 6.45) is 0. The fourth-order valence-electron chi connectivity index (χ4n) is 1.98. The second kappa shape index (κ2) is 6.87. The summed E-state index contributed by atoms with van der Waals surface area (Å²) in [4.78, 5) is 22.4. The number of nitro benzene ring substituents is 1. The van der Waals surface area contributed by atoms with Crippen LogP contribution >= 0.6 is 0 Å². The standard InChI is InChI=1S/C16H16FN3O3/c1-10-3-6-14(15(7-10)20(22)23)19-16(21)9-18-12-5-4-11(2)13(17)8-12/h3-8,18H,9H2,1-2H3,(H,19,21). The molecule has 0 aliphatic rings. The summed E-state index contributed by atoms with van der Waals surface area (Å²) in [6, 6.07) is 9.08. The molecule has 0 bridgehead atoms. The molecule has 120 valence electrons. The van der Waals surface area contributed by atoms with Crippen molar-refractivity contribution in [1.82, 2.24) is 0 Å². The van der Waals surface area contributed by atoms with Crippen molar-refractivity contribution in [2.24, 2.45) is 0 Å². The zero-order valence-electron chi connectivity index (χ0n) is 12.7. The van der Waals surface area contributed by atoms with Gasteiger partial charge in [0.1, 0.15) is 11.5 Å². The van der Waals surface area contributed by atoms with Crippen LogP contribution in [0.3, 0.4) is 0 Å². The first-order valence-electron chi connectivity index (χ1n) is 6.92. The largest absolute Gasteiger partial charge is 0.376 e. The number of benzene rings is 2. The number of halogens is 1. The van der Waals surface area contributed by atoms with E-state index >= 15 is 0 Å². The van der Waals surface area contributed by atoms with Crippen LogP contribution in [-0.4, -0.2) is 17.4 Å². The molecule has 0 heterocycles. The Balaban J connectivity index is 2.02. The Morgan fingerprint density at radius 1 is 1.22 bits per heavy atom. The average molecular weight is 317 g/mol. The van der Waals surface area contributed by atoms with Gasteiger partial charge in [-0.15, -0.1) is 0 Å². The highest BCUT2D eigenvalue weighted by Gasteiger charge is 2.15. The predicted octanol–water partition coefficient (Wildman–Crippen LogP) is 3.40. The minimum absolute atomic E-state index is 0.127. The van der Waals surface area contributed by atoms with Gasteiger partial charge in [-0.25, -0.2) is 4.39 Å². The molecule has 7 heteroatoms. The highest BCUT2D eigenvalue weighted by molar-refractivity contribution is 5.95. The summed E-state index contributed by atoms with van der Waals surface area (Å²) < 4.78 is 13.4. The van der Waals surface area contributed by atoms with E-state index in [4.69, 9.17) is 0 Å². The minimum atomic E-state index is -0.550. The first-order chi connectivity index (χ1) is 10.9. The van der Waals surface area contributed by atoms with Crippen LogP contribution in [0.1, 0.15) is 11.1 Å². The van der Waals surface area contributed by atoms with E-state index in [1.807, 2.05) is 0 Å². The van der Waals surface area contributed by atoms with E-state index in [0.29, 0.717) is 11.3 Å². The lowest BCUT2D eigenvalue weighted by Crippen LogP contribution is -2.22. The lowest BCUT2D eigenvalue weighted by molar-refractivity contribution is -0.384. The molecular formula is C16H16FN3O3. The second-order valence-corrected chi connectivity index (χ2v) is 5.14. The molecule has 0 radical (unpaired) electrons. The maximum atomic E-state index is 13.4. The third kappa shape index (κ3) is 4.26. The van der Waals surface area contributed by atoms with Crippen molar-refractivity contribution in [3.05, 3.63) is 63.5 Å². The van der Waals surface area contributed by atoms with Gasteiger partial charge in [-0.2, -0.15) is 0 Å². The number of nitrogens with one attached hydrogen (secondary N) is 2. The molecule has 0 saturated heterocycles. The number of nitro groups is 1. The van der Waals surface area contributed by atoms with Gasteiger partial charge in [0.2, 0.25) is 5.91 Å². The van der Waals surface area contributed by atoms with E-state index in [0.717, 1.165) is 5.56 Å². The number of anilines is 2. The fourth-order valence-corrected chi connectivity index (χ4v) is 1.98. The van der Waals surface area contributed by atoms with Crippen molar-refractivity contribution < 1.29 is 14.1 Å². The maximum absolute atomic E-state index is 13.4. The Kier molecular flexibility index (Phi) is 4.90. The van der Waals surface area contributed by atoms with E-state index in [1.165, 1.54) is 18.2 Å². The zero-order valence-corrected chi connectivity index (χ0v) is 12.7. The Hall–Kier alpha value is -2.96. The summed E-state index contributed by atoms with van der Waals surface area (Å²) in [5.74, 6) is -0.831. The Morgan fingerprint density at radius 2 is 1.96 bits per heavy atom. The molecular weight excluding hydrogens is 301 g/mol. The van der Waals surface area contributed by atoms with Crippen LogP contribution in [-0.2, 0) is 4.79 Å². The van der Waals surface area contributed by atoms with E-state index in [2.05, 4.69) is 10.6 Å². The lowest BCUT2D eigenvalue weighted by atomic mass is 10.2. The number of carbonyl (C=O) groups excluding carboxylic acids is 1. The highest BCUT2D eigenvalue weighted by atomic mass is 19.1. The third-order valence-electron chi connectivity index (χ3n) is 3.25. The fraction of sp³-hybridized carbons (Fsp3) is 0.188. The molecule has 0 spiro atoms. The van der Waals surface area contributed by atoms with E-state index in [1.54, 1.807) is 32.0 Å². The molecule has 2 N–H and O–H groups in total. The van der Waals surface area contributed by atoms with Crippen LogP contribution in [0.5, 0.6) is 0 Å².